The van der Waals surface area contributed by atoms with Crippen molar-refractivity contribution in [2.75, 3.05) is 13.1 Å². The molecular weight excluding hydrogens is 172 g/mol. The second-order valence-corrected chi connectivity index (χ2v) is 4.09. The smallest absolute Gasteiger partial charge is 0.0433 e. The molecular formula is C12H18N2. The van der Waals surface area contributed by atoms with E-state index in [2.05, 4.69) is 35.7 Å². The number of hydrogen-bond donors (Lipinski definition) is 2. The fourth-order valence-electron chi connectivity index (χ4n) is 2.07. The second kappa shape index (κ2) is 4.11. The Kier molecular flexibility index (Phi) is 2.85. The van der Waals surface area contributed by atoms with Gasteiger partial charge in [0.15, 0.2) is 0 Å². The van der Waals surface area contributed by atoms with Crippen molar-refractivity contribution in [2.24, 2.45) is 5.73 Å². The quantitative estimate of drug-likeness (QED) is 0.657. The molecule has 1 heterocycles. The molecule has 0 radical (unpaired) electrons. The van der Waals surface area contributed by atoms with Gasteiger partial charge < -0.3 is 11.1 Å². The van der Waals surface area contributed by atoms with Crippen LogP contribution in [0.5, 0.6) is 0 Å². The first-order valence-corrected chi connectivity index (χ1v) is 5.35. The van der Waals surface area contributed by atoms with Crippen LogP contribution in [0, 0.1) is 0 Å². The monoisotopic (exact) mass is 190 g/mol. The summed E-state index contributed by atoms with van der Waals surface area (Å²) in [5, 5.41) is 3.35. The van der Waals surface area contributed by atoms with Crippen LogP contribution < -0.4 is 11.1 Å². The van der Waals surface area contributed by atoms with E-state index in [9.17, 15) is 0 Å². The number of hydrogen-bond acceptors (Lipinski definition) is 2. The standard InChI is InChI=1S/C12H18N2/c13-12(7-9-14-10-8-12)11-5-3-1-2-4-6-11/h1,3-6,14H,2,7-10,13H2. The van der Waals surface area contributed by atoms with Gasteiger partial charge in [-0.1, -0.05) is 30.4 Å². The summed E-state index contributed by atoms with van der Waals surface area (Å²) in [7, 11) is 0. The summed E-state index contributed by atoms with van der Waals surface area (Å²) in [6.45, 7) is 2.07. The zero-order chi connectivity index (χ0) is 9.86. The van der Waals surface area contributed by atoms with E-state index in [4.69, 9.17) is 5.73 Å². The molecule has 1 aliphatic carbocycles. The van der Waals surface area contributed by atoms with Crippen molar-refractivity contribution in [1.29, 1.82) is 0 Å². The van der Waals surface area contributed by atoms with Crippen LogP contribution in [0.1, 0.15) is 19.3 Å². The summed E-state index contributed by atoms with van der Waals surface area (Å²) in [6, 6.07) is 0. The molecule has 0 bridgehead atoms. The lowest BCUT2D eigenvalue weighted by atomic mass is 9.81. The molecule has 3 N–H and O–H groups in total. The topological polar surface area (TPSA) is 38.0 Å². The molecule has 0 aromatic heterocycles. The lowest BCUT2D eigenvalue weighted by molar-refractivity contribution is 0.363. The van der Waals surface area contributed by atoms with Crippen LogP contribution in [-0.4, -0.2) is 18.6 Å². The van der Waals surface area contributed by atoms with Crippen molar-refractivity contribution in [1.82, 2.24) is 5.32 Å². The van der Waals surface area contributed by atoms with Gasteiger partial charge in [-0.15, -0.1) is 0 Å². The van der Waals surface area contributed by atoms with Crippen molar-refractivity contribution in [3.8, 4) is 0 Å². The highest BCUT2D eigenvalue weighted by molar-refractivity contribution is 5.36. The molecule has 2 heteroatoms. The lowest BCUT2D eigenvalue weighted by Crippen LogP contribution is -2.49. The fourth-order valence-corrected chi connectivity index (χ4v) is 2.07. The molecule has 76 valence electrons. The summed E-state index contributed by atoms with van der Waals surface area (Å²) < 4.78 is 0. The highest BCUT2D eigenvalue weighted by Crippen LogP contribution is 2.26. The largest absolute Gasteiger partial charge is 0.321 e. The third-order valence-electron chi connectivity index (χ3n) is 3.05. The van der Waals surface area contributed by atoms with Crippen LogP contribution in [0.15, 0.2) is 36.0 Å². The van der Waals surface area contributed by atoms with Crippen LogP contribution in [0.2, 0.25) is 0 Å². The minimum Gasteiger partial charge on any atom is -0.321 e. The van der Waals surface area contributed by atoms with Gasteiger partial charge in [0.05, 0.1) is 0 Å². The predicted octanol–water partition coefficient (Wildman–Crippen LogP) is 1.51. The molecule has 14 heavy (non-hydrogen) atoms. The maximum absolute atomic E-state index is 6.41. The van der Waals surface area contributed by atoms with E-state index in [1.54, 1.807) is 0 Å². The molecule has 0 unspecified atom stereocenters. The normalized spacial score (nSPS) is 25.6. The number of nitrogens with two attached hydrogens (primary N) is 1. The van der Waals surface area contributed by atoms with Gasteiger partial charge in [-0.3, -0.25) is 0 Å². The van der Waals surface area contributed by atoms with E-state index in [0.717, 1.165) is 32.4 Å². The van der Waals surface area contributed by atoms with Crippen LogP contribution in [0.3, 0.4) is 0 Å². The van der Waals surface area contributed by atoms with Crippen LogP contribution in [0.25, 0.3) is 0 Å². The van der Waals surface area contributed by atoms with E-state index < -0.39 is 0 Å². The summed E-state index contributed by atoms with van der Waals surface area (Å²) in [5.41, 5.74) is 7.59. The minimum atomic E-state index is -0.101. The third kappa shape index (κ3) is 1.97. The Balaban J connectivity index is 2.18. The minimum absolute atomic E-state index is 0.101. The summed E-state index contributed by atoms with van der Waals surface area (Å²) in [6.07, 6.45) is 13.9. The van der Waals surface area contributed by atoms with Crippen molar-refractivity contribution in [2.45, 2.75) is 24.8 Å². The Labute approximate surface area is 85.6 Å². The Morgan fingerprint density at radius 1 is 1.21 bits per heavy atom. The van der Waals surface area contributed by atoms with Crippen molar-refractivity contribution >= 4 is 0 Å². The molecule has 0 atom stereocenters. The van der Waals surface area contributed by atoms with E-state index in [-0.39, 0.29) is 5.54 Å². The zero-order valence-electron chi connectivity index (χ0n) is 8.50. The van der Waals surface area contributed by atoms with Gasteiger partial charge in [0.2, 0.25) is 0 Å². The summed E-state index contributed by atoms with van der Waals surface area (Å²) in [5.74, 6) is 0. The average Bonchev–Trinajstić information content (AvgIpc) is 2.47. The van der Waals surface area contributed by atoms with Crippen molar-refractivity contribution < 1.29 is 0 Å². The highest BCUT2D eigenvalue weighted by atomic mass is 14.9. The van der Waals surface area contributed by atoms with Gasteiger partial charge >= 0.3 is 0 Å². The van der Waals surface area contributed by atoms with E-state index in [1.807, 2.05) is 0 Å². The molecule has 1 aliphatic heterocycles. The molecule has 2 aliphatic rings. The molecule has 0 aromatic carbocycles. The van der Waals surface area contributed by atoms with Gasteiger partial charge in [0.25, 0.3) is 0 Å². The maximum Gasteiger partial charge on any atom is 0.0433 e. The SMILES string of the molecule is NC1(C2=CC=CCC=C2)CCNCC1. The van der Waals surface area contributed by atoms with Crippen molar-refractivity contribution in [3.05, 3.63) is 36.0 Å². The lowest BCUT2D eigenvalue weighted by Gasteiger charge is -2.35. The second-order valence-electron chi connectivity index (χ2n) is 4.09. The average molecular weight is 190 g/mol. The van der Waals surface area contributed by atoms with Gasteiger partial charge in [-0.25, -0.2) is 0 Å². The third-order valence-corrected chi connectivity index (χ3v) is 3.05. The Morgan fingerprint density at radius 3 is 2.79 bits per heavy atom. The molecule has 0 spiro atoms. The predicted molar refractivity (Wildman–Crippen MR) is 60.0 cm³/mol. The Morgan fingerprint density at radius 2 is 2.00 bits per heavy atom. The molecule has 1 fully saturated rings. The first-order valence-electron chi connectivity index (χ1n) is 5.35. The highest BCUT2D eigenvalue weighted by Gasteiger charge is 2.29. The molecule has 2 nitrogen and oxygen atoms in total. The molecule has 2 rings (SSSR count). The molecule has 0 amide bonds. The summed E-state index contributed by atoms with van der Waals surface area (Å²) >= 11 is 0. The Bertz CT molecular complexity index is 281. The summed E-state index contributed by atoms with van der Waals surface area (Å²) in [4.78, 5) is 0. The van der Waals surface area contributed by atoms with Crippen LogP contribution in [-0.2, 0) is 0 Å². The van der Waals surface area contributed by atoms with Gasteiger partial charge in [-0.2, -0.15) is 0 Å². The Hall–Kier alpha value is -0.860. The van der Waals surface area contributed by atoms with E-state index in [0.29, 0.717) is 0 Å². The number of rotatable bonds is 1. The number of allylic oxidation sites excluding steroid dienone is 4. The molecule has 0 saturated carbocycles. The number of piperidine rings is 1. The van der Waals surface area contributed by atoms with E-state index >= 15 is 0 Å². The van der Waals surface area contributed by atoms with Gasteiger partial charge in [-0.05, 0) is 37.9 Å². The van der Waals surface area contributed by atoms with Crippen LogP contribution >= 0.6 is 0 Å². The van der Waals surface area contributed by atoms with Crippen molar-refractivity contribution in [3.63, 3.8) is 0 Å². The van der Waals surface area contributed by atoms with Crippen LogP contribution in [0.4, 0.5) is 0 Å². The molecule has 1 saturated heterocycles. The number of nitrogens with one attached hydrogen (secondary N) is 1. The van der Waals surface area contributed by atoms with Gasteiger partial charge in [0, 0.05) is 5.54 Å². The van der Waals surface area contributed by atoms with E-state index in [1.165, 1.54) is 5.57 Å². The fraction of sp³-hybridized carbons (Fsp3) is 0.500. The first kappa shape index (κ1) is 9.69. The first-order chi connectivity index (χ1) is 6.81. The maximum atomic E-state index is 6.41. The zero-order valence-corrected chi connectivity index (χ0v) is 8.50. The molecule has 0 aromatic rings. The van der Waals surface area contributed by atoms with Gasteiger partial charge in [0.1, 0.15) is 0 Å².